The lowest BCUT2D eigenvalue weighted by molar-refractivity contribution is 0.0851. The fourth-order valence-corrected chi connectivity index (χ4v) is 3.21. The van der Waals surface area contributed by atoms with Crippen LogP contribution in [0.25, 0.3) is 0 Å². The minimum atomic E-state index is 0.793. The number of nitrogens with one attached hydrogen (secondary N) is 1. The fraction of sp³-hybridized carbons (Fsp3) is 1.00. The summed E-state index contributed by atoms with van der Waals surface area (Å²) in [5, 5.41) is 3.70. The van der Waals surface area contributed by atoms with Crippen molar-refractivity contribution in [2.24, 2.45) is 0 Å². The van der Waals surface area contributed by atoms with Crippen molar-refractivity contribution in [3.63, 3.8) is 0 Å². The molecule has 0 radical (unpaired) electrons. The number of nitrogens with zero attached hydrogens (tertiary/aromatic N) is 2. The molecule has 0 aromatic rings. The van der Waals surface area contributed by atoms with Gasteiger partial charge >= 0.3 is 0 Å². The Kier molecular flexibility index (Phi) is 4.62. The summed E-state index contributed by atoms with van der Waals surface area (Å²) in [7, 11) is 4.34. The van der Waals surface area contributed by atoms with Gasteiger partial charge in [0.2, 0.25) is 0 Å². The Bertz CT molecular complexity index is 203. The van der Waals surface area contributed by atoms with Gasteiger partial charge in [-0.3, -0.25) is 4.90 Å². The van der Waals surface area contributed by atoms with Gasteiger partial charge in [0.1, 0.15) is 0 Å². The van der Waals surface area contributed by atoms with E-state index in [1.807, 2.05) is 0 Å². The second-order valence-corrected chi connectivity index (χ2v) is 5.61. The van der Waals surface area contributed by atoms with Gasteiger partial charge in [-0.05, 0) is 46.4 Å². The Hall–Kier alpha value is -0.120. The second-order valence-electron chi connectivity index (χ2n) is 5.61. The van der Waals surface area contributed by atoms with Crippen LogP contribution < -0.4 is 5.32 Å². The molecular weight excluding hydrogens is 198 g/mol. The van der Waals surface area contributed by atoms with Crippen molar-refractivity contribution in [2.75, 3.05) is 40.3 Å². The summed E-state index contributed by atoms with van der Waals surface area (Å²) < 4.78 is 0. The quantitative estimate of drug-likeness (QED) is 0.774. The van der Waals surface area contributed by atoms with Crippen LogP contribution in [0.15, 0.2) is 0 Å². The van der Waals surface area contributed by atoms with E-state index in [0.29, 0.717) is 0 Å². The normalized spacial score (nSPS) is 31.7. The maximum absolute atomic E-state index is 3.70. The molecule has 1 saturated heterocycles. The molecule has 16 heavy (non-hydrogen) atoms. The predicted octanol–water partition coefficient (Wildman–Crippen LogP) is 1.15. The number of hydrogen-bond acceptors (Lipinski definition) is 3. The van der Waals surface area contributed by atoms with E-state index in [1.54, 1.807) is 0 Å². The van der Waals surface area contributed by atoms with E-state index in [-0.39, 0.29) is 0 Å². The topological polar surface area (TPSA) is 18.5 Å². The molecule has 2 atom stereocenters. The van der Waals surface area contributed by atoms with Crippen molar-refractivity contribution < 1.29 is 0 Å². The van der Waals surface area contributed by atoms with Crippen LogP contribution >= 0.6 is 0 Å². The van der Waals surface area contributed by atoms with Gasteiger partial charge in [0.25, 0.3) is 0 Å². The molecule has 3 nitrogen and oxygen atoms in total. The highest BCUT2D eigenvalue weighted by atomic mass is 15.2. The molecule has 1 N–H and O–H groups in total. The predicted molar refractivity (Wildman–Crippen MR) is 68.8 cm³/mol. The van der Waals surface area contributed by atoms with Crippen LogP contribution in [-0.4, -0.2) is 62.2 Å². The lowest BCUT2D eigenvalue weighted by atomic mass is 9.87. The van der Waals surface area contributed by atoms with Crippen LogP contribution in [0.3, 0.4) is 0 Å². The van der Waals surface area contributed by atoms with Crippen molar-refractivity contribution in [3.05, 3.63) is 0 Å². The van der Waals surface area contributed by atoms with Crippen molar-refractivity contribution in [3.8, 4) is 0 Å². The highest BCUT2D eigenvalue weighted by Gasteiger charge is 2.32. The molecule has 2 unspecified atom stereocenters. The standard InChI is InChI=1S/C13H27N3/c1-15(2)9-5-10-16-11-8-14-12-6-3-4-7-13(12)16/h12-14H,3-11H2,1-2H3. The molecule has 0 aromatic carbocycles. The molecule has 2 rings (SSSR count). The minimum absolute atomic E-state index is 0.793. The Balaban J connectivity index is 1.78. The van der Waals surface area contributed by atoms with Crippen LogP contribution in [0.4, 0.5) is 0 Å². The summed E-state index contributed by atoms with van der Waals surface area (Å²) in [5.41, 5.74) is 0. The third-order valence-electron chi connectivity index (χ3n) is 4.05. The molecule has 0 bridgehead atoms. The third-order valence-corrected chi connectivity index (χ3v) is 4.05. The lowest BCUT2D eigenvalue weighted by Gasteiger charge is -2.44. The van der Waals surface area contributed by atoms with Crippen LogP contribution in [0, 0.1) is 0 Å². The van der Waals surface area contributed by atoms with Gasteiger partial charge < -0.3 is 10.2 Å². The van der Waals surface area contributed by atoms with E-state index in [4.69, 9.17) is 0 Å². The van der Waals surface area contributed by atoms with Crippen LogP contribution in [0.2, 0.25) is 0 Å². The molecule has 1 heterocycles. The maximum Gasteiger partial charge on any atom is 0.0249 e. The molecule has 1 aliphatic heterocycles. The summed E-state index contributed by atoms with van der Waals surface area (Å²) in [6.45, 7) is 4.97. The Morgan fingerprint density at radius 1 is 1.25 bits per heavy atom. The molecule has 1 aliphatic carbocycles. The van der Waals surface area contributed by atoms with E-state index < -0.39 is 0 Å². The monoisotopic (exact) mass is 225 g/mol. The Labute approximate surface area is 100 Å². The SMILES string of the molecule is CN(C)CCCN1CCNC2CCCCC21. The van der Waals surface area contributed by atoms with Gasteiger partial charge in [0, 0.05) is 25.2 Å². The number of piperazine rings is 1. The van der Waals surface area contributed by atoms with Crippen LogP contribution in [-0.2, 0) is 0 Å². The van der Waals surface area contributed by atoms with Crippen molar-refractivity contribution >= 4 is 0 Å². The average Bonchev–Trinajstić information content (AvgIpc) is 2.29. The smallest absolute Gasteiger partial charge is 0.0249 e. The third kappa shape index (κ3) is 3.19. The first kappa shape index (κ1) is 12.3. The summed E-state index contributed by atoms with van der Waals surface area (Å²) in [6, 6.07) is 1.63. The number of fused-ring (bicyclic) bond motifs is 1. The van der Waals surface area contributed by atoms with E-state index in [2.05, 4.69) is 29.2 Å². The highest BCUT2D eigenvalue weighted by molar-refractivity contribution is 4.91. The van der Waals surface area contributed by atoms with Gasteiger partial charge in [-0.15, -0.1) is 0 Å². The summed E-state index contributed by atoms with van der Waals surface area (Å²) in [4.78, 5) is 5.03. The molecular formula is C13H27N3. The van der Waals surface area contributed by atoms with Crippen molar-refractivity contribution in [2.45, 2.75) is 44.2 Å². The number of hydrogen-bond donors (Lipinski definition) is 1. The molecule has 0 aromatic heterocycles. The van der Waals surface area contributed by atoms with Crippen molar-refractivity contribution in [1.29, 1.82) is 0 Å². The van der Waals surface area contributed by atoms with E-state index in [0.717, 1.165) is 12.1 Å². The Morgan fingerprint density at radius 3 is 2.88 bits per heavy atom. The highest BCUT2D eigenvalue weighted by Crippen LogP contribution is 2.25. The molecule has 0 spiro atoms. The number of rotatable bonds is 4. The van der Waals surface area contributed by atoms with Gasteiger partial charge in [0.15, 0.2) is 0 Å². The van der Waals surface area contributed by atoms with E-state index >= 15 is 0 Å². The largest absolute Gasteiger partial charge is 0.311 e. The summed E-state index contributed by atoms with van der Waals surface area (Å²) >= 11 is 0. The van der Waals surface area contributed by atoms with Crippen LogP contribution in [0.1, 0.15) is 32.1 Å². The first-order chi connectivity index (χ1) is 7.77. The molecule has 2 fully saturated rings. The first-order valence-corrected chi connectivity index (χ1v) is 6.89. The van der Waals surface area contributed by atoms with Gasteiger partial charge in [-0.2, -0.15) is 0 Å². The van der Waals surface area contributed by atoms with Gasteiger partial charge in [0.05, 0.1) is 0 Å². The van der Waals surface area contributed by atoms with Gasteiger partial charge in [-0.1, -0.05) is 12.8 Å². The second kappa shape index (κ2) is 5.99. The molecule has 0 amide bonds. The summed E-state index contributed by atoms with van der Waals surface area (Å²) in [6.07, 6.45) is 7.00. The van der Waals surface area contributed by atoms with Gasteiger partial charge in [-0.25, -0.2) is 0 Å². The first-order valence-electron chi connectivity index (χ1n) is 6.89. The molecule has 94 valence electrons. The zero-order chi connectivity index (χ0) is 11.4. The van der Waals surface area contributed by atoms with Crippen LogP contribution in [0.5, 0.6) is 0 Å². The molecule has 1 saturated carbocycles. The summed E-state index contributed by atoms with van der Waals surface area (Å²) in [5.74, 6) is 0. The van der Waals surface area contributed by atoms with Crippen molar-refractivity contribution in [1.82, 2.24) is 15.1 Å². The average molecular weight is 225 g/mol. The minimum Gasteiger partial charge on any atom is -0.311 e. The zero-order valence-electron chi connectivity index (χ0n) is 10.9. The fourth-order valence-electron chi connectivity index (χ4n) is 3.21. The molecule has 2 aliphatic rings. The zero-order valence-corrected chi connectivity index (χ0v) is 10.9. The van der Waals surface area contributed by atoms with E-state index in [9.17, 15) is 0 Å². The lowest BCUT2D eigenvalue weighted by Crippen LogP contribution is -2.59. The Morgan fingerprint density at radius 2 is 2.06 bits per heavy atom. The maximum atomic E-state index is 3.70. The van der Waals surface area contributed by atoms with E-state index in [1.165, 1.54) is 58.3 Å². The molecule has 3 heteroatoms.